The molecule has 0 bridgehead atoms. The molecule has 0 aromatic carbocycles. The molecule has 11 heteroatoms. The maximum absolute atomic E-state index is 12.7. The zero-order valence-corrected chi connectivity index (χ0v) is 7.51. The van der Waals surface area contributed by atoms with Gasteiger partial charge in [-0.3, -0.25) is 0 Å². The quantitative estimate of drug-likeness (QED) is 0.771. The molecule has 0 saturated carbocycles. The van der Waals surface area contributed by atoms with E-state index in [-0.39, 0.29) is 0 Å². The summed E-state index contributed by atoms with van der Waals surface area (Å²) < 4.78 is 118. The lowest BCUT2D eigenvalue weighted by Crippen LogP contribution is -2.56. The number of hydrogen-bond acceptors (Lipinski definition) is 1. The van der Waals surface area contributed by atoms with Crippen molar-refractivity contribution in [3.63, 3.8) is 0 Å². The molecular formula is C6H4F10O. The Morgan fingerprint density at radius 3 is 1.18 bits per heavy atom. The van der Waals surface area contributed by atoms with Crippen LogP contribution in [0, 0.1) is 0 Å². The molecule has 0 aliphatic carbocycles. The van der Waals surface area contributed by atoms with Crippen molar-refractivity contribution in [1.29, 1.82) is 0 Å². The van der Waals surface area contributed by atoms with E-state index < -0.39 is 36.7 Å². The van der Waals surface area contributed by atoms with Crippen LogP contribution in [0.15, 0.2) is 0 Å². The van der Waals surface area contributed by atoms with Gasteiger partial charge in [-0.2, -0.15) is 39.5 Å². The smallest absolute Gasteiger partial charge is 0.384 e. The Morgan fingerprint density at radius 1 is 0.706 bits per heavy atom. The molecule has 0 fully saturated rings. The molecule has 17 heavy (non-hydrogen) atoms. The summed E-state index contributed by atoms with van der Waals surface area (Å²) in [7, 11) is 0. The lowest BCUT2D eigenvalue weighted by Gasteiger charge is -2.31. The van der Waals surface area contributed by atoms with E-state index in [9.17, 15) is 43.9 Å². The zero-order valence-electron chi connectivity index (χ0n) is 7.51. The summed E-state index contributed by atoms with van der Waals surface area (Å²) in [5, 5.41) is 8.08. The predicted molar refractivity (Wildman–Crippen MR) is 32.6 cm³/mol. The molecule has 1 atom stereocenters. The Bertz CT molecular complexity index is 245. The maximum atomic E-state index is 12.7. The van der Waals surface area contributed by atoms with Gasteiger partial charge in [0.1, 0.15) is 0 Å². The standard InChI is InChI=1S/C6H4F10O/c7-3(5(11,12)13,6(14,15)16)1-2(17)4(8,9)10/h2,17H,1H2. The summed E-state index contributed by atoms with van der Waals surface area (Å²) in [5.41, 5.74) is -6.12. The van der Waals surface area contributed by atoms with Crippen LogP contribution in [0.4, 0.5) is 43.9 Å². The second-order valence-corrected chi connectivity index (χ2v) is 3.06. The normalized spacial score (nSPS) is 17.1. The molecule has 0 heterocycles. The van der Waals surface area contributed by atoms with Crippen molar-refractivity contribution in [3.05, 3.63) is 0 Å². The van der Waals surface area contributed by atoms with Crippen LogP contribution >= 0.6 is 0 Å². The SMILES string of the molecule is OC(CC(F)(C(F)(F)F)C(F)(F)F)C(F)(F)F. The van der Waals surface area contributed by atoms with E-state index in [0.717, 1.165) is 0 Å². The average Bonchev–Trinajstić information content (AvgIpc) is 1.97. The van der Waals surface area contributed by atoms with E-state index in [1.165, 1.54) is 0 Å². The zero-order chi connectivity index (χ0) is 14.3. The van der Waals surface area contributed by atoms with Gasteiger partial charge in [0.25, 0.3) is 0 Å². The first-order chi connectivity index (χ1) is 7.13. The van der Waals surface area contributed by atoms with E-state index in [0.29, 0.717) is 0 Å². The van der Waals surface area contributed by atoms with Crippen LogP contribution in [0.3, 0.4) is 0 Å². The molecule has 0 aromatic heterocycles. The Balaban J connectivity index is 5.27. The molecule has 0 amide bonds. The maximum Gasteiger partial charge on any atom is 0.431 e. The van der Waals surface area contributed by atoms with Gasteiger partial charge in [-0.05, 0) is 0 Å². The van der Waals surface area contributed by atoms with E-state index >= 15 is 0 Å². The van der Waals surface area contributed by atoms with Gasteiger partial charge >= 0.3 is 24.2 Å². The third kappa shape index (κ3) is 3.36. The van der Waals surface area contributed by atoms with Crippen molar-refractivity contribution in [1.82, 2.24) is 0 Å². The number of alkyl halides is 10. The van der Waals surface area contributed by atoms with Crippen molar-refractivity contribution in [2.24, 2.45) is 0 Å². The summed E-state index contributed by atoms with van der Waals surface area (Å²) in [6.07, 6.45) is -26.3. The lowest BCUT2D eigenvalue weighted by atomic mass is 9.96. The highest BCUT2D eigenvalue weighted by Gasteiger charge is 2.73. The summed E-state index contributed by atoms with van der Waals surface area (Å²) in [6, 6.07) is 0. The number of rotatable bonds is 2. The van der Waals surface area contributed by atoms with Gasteiger partial charge in [-0.25, -0.2) is 4.39 Å². The van der Waals surface area contributed by atoms with Gasteiger partial charge in [0, 0.05) is 6.42 Å². The summed E-state index contributed by atoms with van der Waals surface area (Å²) in [5.74, 6) is 0. The van der Waals surface area contributed by atoms with Crippen LogP contribution in [0.2, 0.25) is 0 Å². The second kappa shape index (κ2) is 4.18. The third-order valence-electron chi connectivity index (χ3n) is 1.75. The van der Waals surface area contributed by atoms with Gasteiger partial charge in [0.05, 0.1) is 0 Å². The highest BCUT2D eigenvalue weighted by molar-refractivity contribution is 4.97. The number of aliphatic hydroxyl groups is 1. The fraction of sp³-hybridized carbons (Fsp3) is 1.00. The van der Waals surface area contributed by atoms with Crippen LogP contribution in [0.1, 0.15) is 6.42 Å². The molecule has 0 saturated heterocycles. The molecule has 0 aliphatic heterocycles. The fourth-order valence-corrected chi connectivity index (χ4v) is 0.774. The van der Waals surface area contributed by atoms with Gasteiger partial charge < -0.3 is 5.11 Å². The number of aliphatic hydroxyl groups excluding tert-OH is 1. The van der Waals surface area contributed by atoms with Crippen molar-refractivity contribution in [3.8, 4) is 0 Å². The Morgan fingerprint density at radius 2 is 1.00 bits per heavy atom. The first kappa shape index (κ1) is 16.3. The fourth-order valence-electron chi connectivity index (χ4n) is 0.774. The first-order valence-electron chi connectivity index (χ1n) is 3.70. The summed E-state index contributed by atoms with van der Waals surface area (Å²) in [6.45, 7) is 0. The molecule has 0 spiro atoms. The van der Waals surface area contributed by atoms with Gasteiger partial charge in [0.15, 0.2) is 6.10 Å². The van der Waals surface area contributed by atoms with Crippen LogP contribution in [-0.2, 0) is 0 Å². The van der Waals surface area contributed by atoms with E-state index in [2.05, 4.69) is 0 Å². The van der Waals surface area contributed by atoms with Crippen molar-refractivity contribution in [2.75, 3.05) is 0 Å². The third-order valence-corrected chi connectivity index (χ3v) is 1.75. The Labute approximate surface area is 87.0 Å². The second-order valence-electron chi connectivity index (χ2n) is 3.06. The van der Waals surface area contributed by atoms with Gasteiger partial charge in [-0.15, -0.1) is 0 Å². The minimum absolute atomic E-state index is 3.19. The van der Waals surface area contributed by atoms with E-state index in [4.69, 9.17) is 5.11 Å². The van der Waals surface area contributed by atoms with Gasteiger partial charge in [-0.1, -0.05) is 0 Å². The molecule has 1 nitrogen and oxygen atoms in total. The largest absolute Gasteiger partial charge is 0.431 e. The molecule has 104 valence electrons. The molecular weight excluding hydrogens is 278 g/mol. The monoisotopic (exact) mass is 282 g/mol. The first-order valence-corrected chi connectivity index (χ1v) is 3.70. The van der Waals surface area contributed by atoms with Crippen molar-refractivity contribution < 1.29 is 49.0 Å². The lowest BCUT2D eigenvalue weighted by molar-refractivity contribution is -0.355. The van der Waals surface area contributed by atoms with Crippen LogP contribution in [0.5, 0.6) is 0 Å². The minimum atomic E-state index is -6.61. The molecule has 0 aromatic rings. The number of hydrogen-bond donors (Lipinski definition) is 1. The summed E-state index contributed by atoms with van der Waals surface area (Å²) in [4.78, 5) is 0. The minimum Gasteiger partial charge on any atom is -0.384 e. The average molecular weight is 282 g/mol. The van der Waals surface area contributed by atoms with Gasteiger partial charge in [0.2, 0.25) is 0 Å². The molecule has 1 N–H and O–H groups in total. The highest BCUT2D eigenvalue weighted by atomic mass is 19.4. The Hall–Kier alpha value is -0.740. The molecule has 0 radical (unpaired) electrons. The van der Waals surface area contributed by atoms with E-state index in [1.807, 2.05) is 0 Å². The van der Waals surface area contributed by atoms with Crippen LogP contribution in [0.25, 0.3) is 0 Å². The topological polar surface area (TPSA) is 20.2 Å². The van der Waals surface area contributed by atoms with Crippen LogP contribution in [-0.4, -0.2) is 35.4 Å². The number of halogens is 10. The molecule has 0 rings (SSSR count). The predicted octanol–water partition coefficient (Wildman–Crippen LogP) is 3.13. The van der Waals surface area contributed by atoms with Crippen molar-refractivity contribution >= 4 is 0 Å². The Kier molecular flexibility index (Phi) is 3.99. The highest BCUT2D eigenvalue weighted by Crippen LogP contribution is 2.50. The van der Waals surface area contributed by atoms with Crippen LogP contribution < -0.4 is 0 Å². The van der Waals surface area contributed by atoms with Crippen molar-refractivity contribution in [2.45, 2.75) is 36.7 Å². The van der Waals surface area contributed by atoms with E-state index in [1.54, 1.807) is 0 Å². The molecule has 0 aliphatic rings. The summed E-state index contributed by atoms with van der Waals surface area (Å²) >= 11 is 0. The molecule has 1 unspecified atom stereocenters.